The second kappa shape index (κ2) is 6.20. The van der Waals surface area contributed by atoms with Crippen molar-refractivity contribution in [1.82, 2.24) is 15.1 Å². The van der Waals surface area contributed by atoms with Crippen molar-refractivity contribution in [3.63, 3.8) is 0 Å². The zero-order valence-corrected chi connectivity index (χ0v) is 12.9. The summed E-state index contributed by atoms with van der Waals surface area (Å²) in [4.78, 5) is 3.18. The number of thiophene rings is 1. The van der Waals surface area contributed by atoms with Gasteiger partial charge in [-0.3, -0.25) is 4.90 Å². The van der Waals surface area contributed by atoms with Crippen LogP contribution in [0.4, 0.5) is 0 Å². The predicted octanol–water partition coefficient (Wildman–Crippen LogP) is 3.74. The summed E-state index contributed by atoms with van der Waals surface area (Å²) in [6.07, 6.45) is 0. The van der Waals surface area contributed by atoms with E-state index in [1.165, 1.54) is 11.1 Å². The standard InChI is InChI=1S/C16H17N3OS/c1-12-6-3-4-7-13(12)10-19(2)11-15-17-18-16(20-15)14-8-5-9-21-14/h3-9H,10-11H2,1-2H3. The fourth-order valence-corrected chi connectivity index (χ4v) is 2.83. The van der Waals surface area contributed by atoms with Gasteiger partial charge in [-0.25, -0.2) is 0 Å². The first kappa shape index (κ1) is 14.0. The number of hydrogen-bond acceptors (Lipinski definition) is 5. The van der Waals surface area contributed by atoms with Gasteiger partial charge in [0.25, 0.3) is 5.89 Å². The summed E-state index contributed by atoms with van der Waals surface area (Å²) >= 11 is 1.60. The molecule has 108 valence electrons. The zero-order chi connectivity index (χ0) is 14.7. The quantitative estimate of drug-likeness (QED) is 0.720. The summed E-state index contributed by atoms with van der Waals surface area (Å²) in [6.45, 7) is 3.64. The molecule has 5 heteroatoms. The van der Waals surface area contributed by atoms with Crippen LogP contribution in [0.3, 0.4) is 0 Å². The van der Waals surface area contributed by atoms with Gasteiger partial charge in [0.2, 0.25) is 5.89 Å². The Bertz CT molecular complexity index is 706. The molecule has 3 aromatic rings. The van der Waals surface area contributed by atoms with Gasteiger partial charge in [-0.15, -0.1) is 21.5 Å². The molecule has 0 unspecified atom stereocenters. The van der Waals surface area contributed by atoms with Crippen LogP contribution in [-0.4, -0.2) is 22.1 Å². The maximum absolute atomic E-state index is 5.71. The van der Waals surface area contributed by atoms with Gasteiger partial charge in [0.15, 0.2) is 0 Å². The molecular formula is C16H17N3OS. The lowest BCUT2D eigenvalue weighted by molar-refractivity contribution is 0.282. The van der Waals surface area contributed by atoms with E-state index in [2.05, 4.69) is 53.3 Å². The smallest absolute Gasteiger partial charge is 0.257 e. The van der Waals surface area contributed by atoms with E-state index in [-0.39, 0.29) is 0 Å². The summed E-state index contributed by atoms with van der Waals surface area (Å²) in [6, 6.07) is 12.4. The largest absolute Gasteiger partial charge is 0.419 e. The summed E-state index contributed by atoms with van der Waals surface area (Å²) in [5, 5.41) is 10.2. The van der Waals surface area contributed by atoms with Crippen molar-refractivity contribution in [3.8, 4) is 10.8 Å². The van der Waals surface area contributed by atoms with E-state index in [0.717, 1.165) is 11.4 Å². The monoisotopic (exact) mass is 299 g/mol. The number of hydrogen-bond donors (Lipinski definition) is 0. The molecule has 0 saturated carbocycles. The van der Waals surface area contributed by atoms with E-state index in [4.69, 9.17) is 4.42 Å². The summed E-state index contributed by atoms with van der Waals surface area (Å²) < 4.78 is 5.71. The predicted molar refractivity (Wildman–Crippen MR) is 84.0 cm³/mol. The molecule has 0 spiro atoms. The van der Waals surface area contributed by atoms with Crippen LogP contribution in [0.15, 0.2) is 46.2 Å². The molecule has 0 atom stereocenters. The average molecular weight is 299 g/mol. The summed E-state index contributed by atoms with van der Waals surface area (Å²) in [7, 11) is 2.06. The van der Waals surface area contributed by atoms with Crippen molar-refractivity contribution in [2.75, 3.05) is 7.05 Å². The Hall–Kier alpha value is -1.98. The van der Waals surface area contributed by atoms with Crippen molar-refractivity contribution in [3.05, 3.63) is 58.8 Å². The third-order valence-corrected chi connectivity index (χ3v) is 4.16. The summed E-state index contributed by atoms with van der Waals surface area (Å²) in [5.74, 6) is 1.25. The lowest BCUT2D eigenvalue weighted by Crippen LogP contribution is -2.18. The van der Waals surface area contributed by atoms with Crippen LogP contribution in [0.2, 0.25) is 0 Å². The van der Waals surface area contributed by atoms with Crippen LogP contribution in [-0.2, 0) is 13.1 Å². The fourth-order valence-electron chi connectivity index (χ4n) is 2.18. The highest BCUT2D eigenvalue weighted by atomic mass is 32.1. The topological polar surface area (TPSA) is 42.2 Å². The summed E-state index contributed by atoms with van der Waals surface area (Å²) in [5.41, 5.74) is 2.62. The molecule has 4 nitrogen and oxygen atoms in total. The van der Waals surface area contributed by atoms with Crippen molar-refractivity contribution in [2.45, 2.75) is 20.0 Å². The van der Waals surface area contributed by atoms with Crippen molar-refractivity contribution >= 4 is 11.3 Å². The van der Waals surface area contributed by atoms with Gasteiger partial charge in [0.1, 0.15) is 0 Å². The van der Waals surface area contributed by atoms with Gasteiger partial charge in [0.05, 0.1) is 11.4 Å². The van der Waals surface area contributed by atoms with Gasteiger partial charge in [0, 0.05) is 6.54 Å². The Morgan fingerprint density at radius 2 is 1.95 bits per heavy atom. The van der Waals surface area contributed by atoms with Crippen LogP contribution in [0, 0.1) is 6.92 Å². The third kappa shape index (κ3) is 3.37. The highest BCUT2D eigenvalue weighted by Crippen LogP contribution is 2.23. The van der Waals surface area contributed by atoms with Crippen molar-refractivity contribution in [2.24, 2.45) is 0 Å². The van der Waals surface area contributed by atoms with E-state index in [0.29, 0.717) is 18.3 Å². The van der Waals surface area contributed by atoms with Crippen LogP contribution < -0.4 is 0 Å². The lowest BCUT2D eigenvalue weighted by Gasteiger charge is -2.15. The first-order valence-electron chi connectivity index (χ1n) is 6.81. The molecule has 2 aromatic heterocycles. The SMILES string of the molecule is Cc1ccccc1CN(C)Cc1nnc(-c2cccs2)o1. The van der Waals surface area contributed by atoms with Crippen LogP contribution >= 0.6 is 11.3 Å². The van der Waals surface area contributed by atoms with Crippen LogP contribution in [0.25, 0.3) is 10.8 Å². The molecule has 0 amide bonds. The van der Waals surface area contributed by atoms with E-state index in [1.807, 2.05) is 17.5 Å². The van der Waals surface area contributed by atoms with Gasteiger partial charge in [-0.1, -0.05) is 30.3 Å². The van der Waals surface area contributed by atoms with Gasteiger partial charge >= 0.3 is 0 Å². The van der Waals surface area contributed by atoms with E-state index >= 15 is 0 Å². The molecule has 21 heavy (non-hydrogen) atoms. The first-order valence-corrected chi connectivity index (χ1v) is 7.69. The Morgan fingerprint density at radius 1 is 1.10 bits per heavy atom. The molecular weight excluding hydrogens is 282 g/mol. The molecule has 0 aliphatic rings. The minimum absolute atomic E-state index is 0.601. The fraction of sp³-hybridized carbons (Fsp3) is 0.250. The maximum atomic E-state index is 5.71. The Morgan fingerprint density at radius 3 is 2.71 bits per heavy atom. The van der Waals surface area contributed by atoms with E-state index in [1.54, 1.807) is 11.3 Å². The Kier molecular flexibility index (Phi) is 4.13. The van der Waals surface area contributed by atoms with Crippen LogP contribution in [0.5, 0.6) is 0 Å². The molecule has 0 aliphatic heterocycles. The van der Waals surface area contributed by atoms with Crippen molar-refractivity contribution < 1.29 is 4.42 Å². The van der Waals surface area contributed by atoms with E-state index in [9.17, 15) is 0 Å². The van der Waals surface area contributed by atoms with Gasteiger partial charge in [-0.2, -0.15) is 0 Å². The minimum atomic E-state index is 0.601. The number of benzene rings is 1. The normalized spacial score (nSPS) is 11.2. The number of rotatable bonds is 5. The van der Waals surface area contributed by atoms with Crippen molar-refractivity contribution in [1.29, 1.82) is 0 Å². The molecule has 2 heterocycles. The van der Waals surface area contributed by atoms with E-state index < -0.39 is 0 Å². The maximum Gasteiger partial charge on any atom is 0.257 e. The second-order valence-corrected chi connectivity index (χ2v) is 6.02. The zero-order valence-electron chi connectivity index (χ0n) is 12.1. The molecule has 0 saturated heterocycles. The van der Waals surface area contributed by atoms with Gasteiger partial charge < -0.3 is 4.42 Å². The van der Waals surface area contributed by atoms with Gasteiger partial charge in [-0.05, 0) is 36.5 Å². The molecule has 0 fully saturated rings. The highest BCUT2D eigenvalue weighted by Gasteiger charge is 2.11. The molecule has 1 aromatic carbocycles. The number of nitrogens with zero attached hydrogens (tertiary/aromatic N) is 3. The Labute approximate surface area is 128 Å². The highest BCUT2D eigenvalue weighted by molar-refractivity contribution is 7.13. The van der Waals surface area contributed by atoms with Crippen LogP contribution in [0.1, 0.15) is 17.0 Å². The Balaban J connectivity index is 1.65. The number of aryl methyl sites for hydroxylation is 1. The molecule has 0 bridgehead atoms. The molecule has 0 aliphatic carbocycles. The minimum Gasteiger partial charge on any atom is -0.419 e. The molecule has 0 radical (unpaired) electrons. The molecule has 3 rings (SSSR count). The average Bonchev–Trinajstić information content (AvgIpc) is 3.12. The molecule has 0 N–H and O–H groups in total. The first-order chi connectivity index (χ1) is 10.2. The lowest BCUT2D eigenvalue weighted by atomic mass is 10.1. The number of aromatic nitrogens is 2. The second-order valence-electron chi connectivity index (χ2n) is 5.08. The third-order valence-electron chi connectivity index (χ3n) is 3.31.